The minimum atomic E-state index is -5.20. The zero-order valence-corrected chi connectivity index (χ0v) is 8.33. The van der Waals surface area contributed by atoms with Gasteiger partial charge in [-0.1, -0.05) is 0 Å². The number of anilines is 1. The van der Waals surface area contributed by atoms with Crippen molar-refractivity contribution in [3.8, 4) is 0 Å². The molecule has 0 saturated carbocycles. The third-order valence-electron chi connectivity index (χ3n) is 2.07. The summed E-state index contributed by atoms with van der Waals surface area (Å²) in [5.41, 5.74) is -1.78. The van der Waals surface area contributed by atoms with Crippen molar-refractivity contribution in [2.75, 3.05) is 5.73 Å². The third-order valence-corrected chi connectivity index (χ3v) is 2.07. The lowest BCUT2D eigenvalue weighted by Gasteiger charge is -2.17. The molecule has 1 nitrogen and oxygen atoms in total. The molecule has 0 saturated heterocycles. The van der Waals surface area contributed by atoms with Crippen LogP contribution in [0.3, 0.4) is 0 Å². The fourth-order valence-electron chi connectivity index (χ4n) is 1.30. The Bertz CT molecular complexity index is 445. The molecule has 102 valence electrons. The zero-order valence-electron chi connectivity index (χ0n) is 8.33. The van der Waals surface area contributed by atoms with Gasteiger partial charge in [0.2, 0.25) is 0 Å². The number of benzene rings is 1. The molecular weight excluding hydrogens is 274 g/mol. The van der Waals surface area contributed by atoms with Gasteiger partial charge in [-0.05, 0) is 12.1 Å². The predicted molar refractivity (Wildman–Crippen MR) is 45.8 cm³/mol. The summed E-state index contributed by atoms with van der Waals surface area (Å²) in [6.07, 6.45) is -14.0. The molecule has 0 aliphatic carbocycles. The smallest absolute Gasteiger partial charge is 0.398 e. The van der Waals surface area contributed by atoms with Gasteiger partial charge in [0.25, 0.3) is 6.43 Å². The first-order chi connectivity index (χ1) is 7.94. The van der Waals surface area contributed by atoms with Crippen LogP contribution in [-0.2, 0) is 12.4 Å². The highest BCUT2D eigenvalue weighted by molar-refractivity contribution is 5.54. The maximum atomic E-state index is 12.3. The second-order valence-electron chi connectivity index (χ2n) is 3.32. The van der Waals surface area contributed by atoms with Crippen molar-refractivity contribution < 1.29 is 35.1 Å². The van der Waals surface area contributed by atoms with E-state index in [2.05, 4.69) is 0 Å². The van der Waals surface area contributed by atoms with Crippen LogP contribution in [-0.4, -0.2) is 0 Å². The Kier molecular flexibility index (Phi) is 3.46. The monoisotopic (exact) mass is 279 g/mol. The van der Waals surface area contributed by atoms with Crippen LogP contribution in [0.2, 0.25) is 0 Å². The standard InChI is InChI=1S/C9H5F8N/c10-7(11)3-1-5(9(15,16)17)6(18)2-4(3)8(12,13)14/h1-2,7H,18H2. The predicted octanol–water partition coefficient (Wildman–Crippen LogP) is 4.24. The molecule has 0 amide bonds. The maximum Gasteiger partial charge on any atom is 0.418 e. The van der Waals surface area contributed by atoms with E-state index in [1.54, 1.807) is 0 Å². The van der Waals surface area contributed by atoms with Gasteiger partial charge in [0.1, 0.15) is 0 Å². The quantitative estimate of drug-likeness (QED) is 0.603. The van der Waals surface area contributed by atoms with E-state index in [1.165, 1.54) is 0 Å². The second-order valence-corrected chi connectivity index (χ2v) is 3.32. The lowest BCUT2D eigenvalue weighted by atomic mass is 10.0. The molecule has 0 heterocycles. The molecule has 18 heavy (non-hydrogen) atoms. The highest BCUT2D eigenvalue weighted by atomic mass is 19.4. The van der Waals surface area contributed by atoms with Crippen LogP contribution in [0.5, 0.6) is 0 Å². The van der Waals surface area contributed by atoms with E-state index in [0.29, 0.717) is 0 Å². The molecule has 0 unspecified atom stereocenters. The first-order valence-electron chi connectivity index (χ1n) is 4.30. The normalized spacial score (nSPS) is 13.2. The first-order valence-corrected chi connectivity index (χ1v) is 4.30. The van der Waals surface area contributed by atoms with Crippen molar-refractivity contribution in [1.82, 2.24) is 0 Å². The third kappa shape index (κ3) is 2.82. The average Bonchev–Trinajstić information content (AvgIpc) is 2.13. The average molecular weight is 279 g/mol. The second kappa shape index (κ2) is 4.29. The Balaban J connectivity index is 3.55. The van der Waals surface area contributed by atoms with Crippen molar-refractivity contribution >= 4 is 5.69 Å². The number of alkyl halides is 8. The Morgan fingerprint density at radius 3 is 1.61 bits per heavy atom. The summed E-state index contributed by atoms with van der Waals surface area (Å²) in [6, 6.07) is -0.410. The van der Waals surface area contributed by atoms with Crippen molar-refractivity contribution in [2.45, 2.75) is 18.8 Å². The summed E-state index contributed by atoms with van der Waals surface area (Å²) in [4.78, 5) is 0. The van der Waals surface area contributed by atoms with Gasteiger partial charge in [-0.2, -0.15) is 26.3 Å². The van der Waals surface area contributed by atoms with Crippen molar-refractivity contribution in [3.63, 3.8) is 0 Å². The fourth-order valence-corrected chi connectivity index (χ4v) is 1.30. The lowest BCUT2D eigenvalue weighted by Crippen LogP contribution is -2.15. The van der Waals surface area contributed by atoms with Gasteiger partial charge in [-0.3, -0.25) is 0 Å². The summed E-state index contributed by atoms with van der Waals surface area (Å²) in [6.45, 7) is 0. The van der Waals surface area contributed by atoms with Crippen LogP contribution < -0.4 is 5.73 Å². The van der Waals surface area contributed by atoms with Crippen molar-refractivity contribution in [1.29, 1.82) is 0 Å². The highest BCUT2D eigenvalue weighted by Gasteiger charge is 2.40. The van der Waals surface area contributed by atoms with Gasteiger partial charge in [-0.15, -0.1) is 0 Å². The van der Waals surface area contributed by atoms with E-state index in [4.69, 9.17) is 5.73 Å². The first kappa shape index (κ1) is 14.5. The largest absolute Gasteiger partial charge is 0.418 e. The summed E-state index contributed by atoms with van der Waals surface area (Å²) in [5.74, 6) is 0. The Labute approximate surface area is 95.2 Å². The van der Waals surface area contributed by atoms with E-state index < -0.39 is 41.2 Å². The van der Waals surface area contributed by atoms with Crippen LogP contribution in [0.15, 0.2) is 12.1 Å². The number of rotatable bonds is 1. The molecule has 0 spiro atoms. The van der Waals surface area contributed by atoms with E-state index in [9.17, 15) is 35.1 Å². The van der Waals surface area contributed by atoms with E-state index in [-0.39, 0.29) is 12.1 Å². The number of halogens is 8. The topological polar surface area (TPSA) is 26.0 Å². The lowest BCUT2D eigenvalue weighted by molar-refractivity contribution is -0.142. The molecule has 0 atom stereocenters. The molecule has 1 aromatic rings. The molecule has 0 bridgehead atoms. The van der Waals surface area contributed by atoms with E-state index in [0.717, 1.165) is 0 Å². The van der Waals surface area contributed by atoms with Gasteiger partial charge in [-0.25, -0.2) is 8.78 Å². The number of nitrogens with two attached hydrogens (primary N) is 1. The molecule has 1 rings (SSSR count). The molecule has 0 aliphatic heterocycles. The highest BCUT2D eigenvalue weighted by Crippen LogP contribution is 2.42. The Morgan fingerprint density at radius 2 is 1.28 bits per heavy atom. The molecular formula is C9H5F8N. The molecule has 9 heteroatoms. The molecule has 0 fully saturated rings. The Morgan fingerprint density at radius 1 is 0.833 bits per heavy atom. The van der Waals surface area contributed by atoms with Crippen LogP contribution in [0.25, 0.3) is 0 Å². The zero-order chi connectivity index (χ0) is 14.3. The van der Waals surface area contributed by atoms with Gasteiger partial charge in [0.15, 0.2) is 0 Å². The molecule has 0 radical (unpaired) electrons. The van der Waals surface area contributed by atoms with Crippen LogP contribution in [0.1, 0.15) is 23.1 Å². The van der Waals surface area contributed by atoms with Gasteiger partial charge < -0.3 is 5.73 Å². The number of hydrogen-bond acceptors (Lipinski definition) is 1. The SMILES string of the molecule is Nc1cc(C(F)(F)F)c(C(F)F)cc1C(F)(F)F. The van der Waals surface area contributed by atoms with Crippen molar-refractivity contribution in [2.24, 2.45) is 0 Å². The van der Waals surface area contributed by atoms with Gasteiger partial charge in [0.05, 0.1) is 11.1 Å². The van der Waals surface area contributed by atoms with Crippen molar-refractivity contribution in [3.05, 3.63) is 28.8 Å². The van der Waals surface area contributed by atoms with Gasteiger partial charge >= 0.3 is 12.4 Å². The summed E-state index contributed by atoms with van der Waals surface area (Å²) < 4.78 is 98.7. The molecule has 0 aromatic heterocycles. The molecule has 2 N–H and O–H groups in total. The summed E-state index contributed by atoms with van der Waals surface area (Å²) in [7, 11) is 0. The van der Waals surface area contributed by atoms with Gasteiger partial charge in [0, 0.05) is 11.3 Å². The molecule has 0 aliphatic rings. The number of hydrogen-bond donors (Lipinski definition) is 1. The summed E-state index contributed by atoms with van der Waals surface area (Å²) >= 11 is 0. The maximum absolute atomic E-state index is 12.3. The van der Waals surface area contributed by atoms with Crippen LogP contribution >= 0.6 is 0 Å². The van der Waals surface area contributed by atoms with E-state index in [1.807, 2.05) is 0 Å². The fraction of sp³-hybridized carbons (Fsp3) is 0.333. The Hall–Kier alpha value is -1.54. The van der Waals surface area contributed by atoms with E-state index >= 15 is 0 Å². The minimum absolute atomic E-state index is 0.135. The number of nitrogen functional groups attached to an aromatic ring is 1. The molecule has 1 aromatic carbocycles. The summed E-state index contributed by atoms with van der Waals surface area (Å²) in [5, 5.41) is 0. The minimum Gasteiger partial charge on any atom is -0.398 e. The van der Waals surface area contributed by atoms with Crippen LogP contribution in [0.4, 0.5) is 40.8 Å². The van der Waals surface area contributed by atoms with Crippen LogP contribution in [0, 0.1) is 0 Å².